The molecule has 0 amide bonds. The molecule has 0 unspecified atom stereocenters. The maximum absolute atomic E-state index is 5.63. The second-order valence-electron chi connectivity index (χ2n) is 3.70. The normalized spacial score (nSPS) is 13.6. The molecule has 0 atom stereocenters. The first-order valence-corrected chi connectivity index (χ1v) is 5.51. The summed E-state index contributed by atoms with van der Waals surface area (Å²) < 4.78 is 16.4. The minimum Gasteiger partial charge on any atom is -0.497 e. The molecule has 0 radical (unpaired) electrons. The van der Waals surface area contributed by atoms with Crippen LogP contribution in [0, 0.1) is 0 Å². The highest BCUT2D eigenvalue weighted by Gasteiger charge is 2.17. The van der Waals surface area contributed by atoms with E-state index in [1.54, 1.807) is 7.11 Å². The van der Waals surface area contributed by atoms with Gasteiger partial charge >= 0.3 is 0 Å². The van der Waals surface area contributed by atoms with Gasteiger partial charge in [0.05, 0.1) is 7.11 Å². The molecule has 4 heteroatoms. The number of aryl methyl sites for hydroxylation is 1. The number of hydrogen-bond donors (Lipinski definition) is 1. The number of fused-ring (bicyclic) bond motifs is 1. The highest BCUT2D eigenvalue weighted by molar-refractivity contribution is 5.52. The van der Waals surface area contributed by atoms with Crippen molar-refractivity contribution in [2.24, 2.45) is 5.73 Å². The van der Waals surface area contributed by atoms with Crippen molar-refractivity contribution >= 4 is 0 Å². The summed E-state index contributed by atoms with van der Waals surface area (Å²) in [6, 6.07) is 3.85. The Morgan fingerprint density at radius 1 is 1.31 bits per heavy atom. The van der Waals surface area contributed by atoms with Crippen LogP contribution in [0.15, 0.2) is 12.1 Å². The fourth-order valence-corrected chi connectivity index (χ4v) is 1.79. The monoisotopic (exact) mass is 223 g/mol. The van der Waals surface area contributed by atoms with Gasteiger partial charge in [-0.2, -0.15) is 0 Å². The first-order chi connectivity index (χ1) is 7.85. The van der Waals surface area contributed by atoms with Crippen molar-refractivity contribution in [1.82, 2.24) is 0 Å². The maximum Gasteiger partial charge on any atom is 0.165 e. The van der Waals surface area contributed by atoms with Crippen LogP contribution in [0.2, 0.25) is 0 Å². The van der Waals surface area contributed by atoms with Gasteiger partial charge in [0.25, 0.3) is 0 Å². The summed E-state index contributed by atoms with van der Waals surface area (Å²) in [7, 11) is 1.65. The minimum absolute atomic E-state index is 0.594. The summed E-state index contributed by atoms with van der Waals surface area (Å²) in [5, 5.41) is 0. The van der Waals surface area contributed by atoms with Crippen LogP contribution in [0.5, 0.6) is 17.2 Å². The summed E-state index contributed by atoms with van der Waals surface area (Å²) in [6.07, 6.45) is 1.82. The first-order valence-electron chi connectivity index (χ1n) is 5.51. The van der Waals surface area contributed by atoms with Gasteiger partial charge < -0.3 is 19.9 Å². The molecule has 1 aromatic rings. The molecule has 0 fully saturated rings. The smallest absolute Gasteiger partial charge is 0.165 e. The van der Waals surface area contributed by atoms with Crippen LogP contribution in [0.1, 0.15) is 12.0 Å². The van der Waals surface area contributed by atoms with E-state index >= 15 is 0 Å². The van der Waals surface area contributed by atoms with E-state index in [2.05, 4.69) is 0 Å². The van der Waals surface area contributed by atoms with Gasteiger partial charge in [0.1, 0.15) is 19.0 Å². The summed E-state index contributed by atoms with van der Waals surface area (Å²) in [4.78, 5) is 0. The average Bonchev–Trinajstić information content (AvgIpc) is 2.35. The van der Waals surface area contributed by atoms with Crippen molar-refractivity contribution in [2.45, 2.75) is 12.8 Å². The van der Waals surface area contributed by atoms with Crippen LogP contribution in [0.25, 0.3) is 0 Å². The molecule has 0 aliphatic carbocycles. The van der Waals surface area contributed by atoms with Gasteiger partial charge in [0.2, 0.25) is 0 Å². The van der Waals surface area contributed by atoms with E-state index in [4.69, 9.17) is 19.9 Å². The first kappa shape index (κ1) is 11.1. The Morgan fingerprint density at radius 3 is 2.88 bits per heavy atom. The molecule has 1 aliphatic heterocycles. The Labute approximate surface area is 95.3 Å². The van der Waals surface area contributed by atoms with Crippen LogP contribution in [-0.4, -0.2) is 26.9 Å². The van der Waals surface area contributed by atoms with Gasteiger partial charge in [-0.1, -0.05) is 0 Å². The van der Waals surface area contributed by atoms with Crippen molar-refractivity contribution in [1.29, 1.82) is 0 Å². The molecule has 2 rings (SSSR count). The van der Waals surface area contributed by atoms with Crippen molar-refractivity contribution in [2.75, 3.05) is 26.9 Å². The van der Waals surface area contributed by atoms with Crippen molar-refractivity contribution in [3.8, 4) is 17.2 Å². The number of ether oxygens (including phenoxy) is 3. The molecule has 0 saturated heterocycles. The summed E-state index contributed by atoms with van der Waals surface area (Å²) >= 11 is 0. The van der Waals surface area contributed by atoms with Gasteiger partial charge in [-0.25, -0.2) is 0 Å². The zero-order valence-corrected chi connectivity index (χ0v) is 9.49. The number of hydrogen-bond acceptors (Lipinski definition) is 4. The van der Waals surface area contributed by atoms with Crippen molar-refractivity contribution in [3.63, 3.8) is 0 Å². The van der Waals surface area contributed by atoms with E-state index in [-0.39, 0.29) is 0 Å². The Balaban J connectivity index is 2.31. The van der Waals surface area contributed by atoms with Gasteiger partial charge in [-0.3, -0.25) is 0 Å². The molecule has 0 spiro atoms. The van der Waals surface area contributed by atoms with Crippen LogP contribution < -0.4 is 19.9 Å². The van der Waals surface area contributed by atoms with Gasteiger partial charge in [0.15, 0.2) is 11.5 Å². The number of nitrogens with two attached hydrogens (primary N) is 1. The predicted octanol–water partition coefficient (Wildman–Crippen LogP) is 1.36. The van der Waals surface area contributed by atoms with Crippen LogP contribution in [0.4, 0.5) is 0 Å². The Kier molecular flexibility index (Phi) is 3.51. The van der Waals surface area contributed by atoms with Gasteiger partial charge in [-0.15, -0.1) is 0 Å². The molecule has 16 heavy (non-hydrogen) atoms. The second kappa shape index (κ2) is 5.07. The molecule has 0 aromatic heterocycles. The maximum atomic E-state index is 5.63. The van der Waals surface area contributed by atoms with Crippen LogP contribution in [-0.2, 0) is 6.42 Å². The lowest BCUT2D eigenvalue weighted by Crippen LogP contribution is -2.17. The Hall–Kier alpha value is -1.42. The van der Waals surface area contributed by atoms with Crippen molar-refractivity contribution in [3.05, 3.63) is 17.7 Å². The van der Waals surface area contributed by atoms with Gasteiger partial charge in [-0.05, 0) is 25.5 Å². The molecular weight excluding hydrogens is 206 g/mol. The quantitative estimate of drug-likeness (QED) is 0.837. The Morgan fingerprint density at radius 2 is 2.12 bits per heavy atom. The third-order valence-corrected chi connectivity index (χ3v) is 2.58. The lowest BCUT2D eigenvalue weighted by Gasteiger charge is -2.22. The molecule has 88 valence electrons. The zero-order chi connectivity index (χ0) is 11.4. The lowest BCUT2D eigenvalue weighted by molar-refractivity contribution is 0.169. The summed E-state index contributed by atoms with van der Waals surface area (Å²) in [6.45, 7) is 1.87. The fourth-order valence-electron chi connectivity index (χ4n) is 1.79. The molecule has 0 saturated carbocycles. The lowest BCUT2D eigenvalue weighted by atomic mass is 10.1. The highest BCUT2D eigenvalue weighted by Crippen LogP contribution is 2.38. The molecule has 4 nitrogen and oxygen atoms in total. The van der Waals surface area contributed by atoms with E-state index in [1.807, 2.05) is 12.1 Å². The molecule has 1 aromatic carbocycles. The second-order valence-corrected chi connectivity index (χ2v) is 3.70. The van der Waals surface area contributed by atoms with Crippen LogP contribution >= 0.6 is 0 Å². The minimum atomic E-state index is 0.594. The number of rotatable bonds is 4. The van der Waals surface area contributed by atoms with Crippen LogP contribution in [0.3, 0.4) is 0 Å². The predicted molar refractivity (Wildman–Crippen MR) is 61.4 cm³/mol. The van der Waals surface area contributed by atoms with E-state index in [1.165, 1.54) is 0 Å². The standard InChI is InChI=1S/C12H17NO3/c1-14-10-7-9(3-2-4-13)12-11(8-10)15-5-6-16-12/h7-8H,2-6,13H2,1H3. The van der Waals surface area contributed by atoms with E-state index in [9.17, 15) is 0 Å². The van der Waals surface area contributed by atoms with Gasteiger partial charge in [0, 0.05) is 11.6 Å². The number of methoxy groups -OCH3 is 1. The molecular formula is C12H17NO3. The molecule has 1 heterocycles. The summed E-state index contributed by atoms with van der Waals surface area (Å²) in [5.41, 5.74) is 6.63. The fraction of sp³-hybridized carbons (Fsp3) is 0.500. The third-order valence-electron chi connectivity index (χ3n) is 2.58. The summed E-state index contributed by atoms with van der Waals surface area (Å²) in [5.74, 6) is 2.43. The molecule has 1 aliphatic rings. The zero-order valence-electron chi connectivity index (χ0n) is 9.49. The van der Waals surface area contributed by atoms with Crippen molar-refractivity contribution < 1.29 is 14.2 Å². The largest absolute Gasteiger partial charge is 0.497 e. The van der Waals surface area contributed by atoms with E-state index < -0.39 is 0 Å². The van der Waals surface area contributed by atoms with E-state index in [0.717, 1.165) is 35.7 Å². The van der Waals surface area contributed by atoms with E-state index in [0.29, 0.717) is 19.8 Å². The molecule has 2 N–H and O–H groups in total. The molecule has 0 bridgehead atoms. The third kappa shape index (κ3) is 2.22. The average molecular weight is 223 g/mol. The SMILES string of the molecule is COc1cc(CCCN)c2c(c1)OCCO2. The topological polar surface area (TPSA) is 53.7 Å². The highest BCUT2D eigenvalue weighted by atomic mass is 16.6. The Bertz CT molecular complexity index is 366. The number of benzene rings is 1.